The lowest BCUT2D eigenvalue weighted by Gasteiger charge is -2.40. The molecule has 4 aromatic carbocycles. The van der Waals surface area contributed by atoms with Gasteiger partial charge in [0.15, 0.2) is 0 Å². The molecule has 4 fully saturated rings. The molecule has 8 heterocycles. The monoisotopic (exact) mass is 1500 g/mol. The van der Waals surface area contributed by atoms with Gasteiger partial charge in [0.25, 0.3) is 0 Å². The molecule has 12 rings (SSSR count). The van der Waals surface area contributed by atoms with Gasteiger partial charge in [0.2, 0.25) is 53.2 Å². The average Bonchev–Trinajstić information content (AvgIpc) is 0.818. The number of nitrogens with two attached hydrogens (primary N) is 1. The van der Waals surface area contributed by atoms with Crippen LogP contribution in [0.2, 0.25) is 5.15 Å². The number of carbonyl (C=O) groups is 8. The van der Waals surface area contributed by atoms with Crippen LogP contribution in [0.1, 0.15) is 159 Å². The van der Waals surface area contributed by atoms with Gasteiger partial charge in [0, 0.05) is 208 Å². The Morgan fingerprint density at radius 1 is 0.394 bits per heavy atom. The molecule has 0 spiro atoms. The van der Waals surface area contributed by atoms with E-state index in [1.165, 1.54) is 34.5 Å². The van der Waals surface area contributed by atoms with Gasteiger partial charge in [-0.1, -0.05) is 112 Å². The highest BCUT2D eigenvalue weighted by molar-refractivity contribution is 6.29. The number of anilines is 5. The Balaban J connectivity index is 0.000000167. The van der Waals surface area contributed by atoms with Crippen molar-refractivity contribution in [2.45, 2.75) is 142 Å². The Hall–Kier alpha value is -10.7. The van der Waals surface area contributed by atoms with Crippen LogP contribution in [0.3, 0.4) is 0 Å². The fraction of sp³-hybridized carbons (Fsp3) is 0.395. The Morgan fingerprint density at radius 2 is 0.688 bits per heavy atom. The number of amides is 8. The van der Waals surface area contributed by atoms with Crippen LogP contribution >= 0.6 is 11.6 Å². The van der Waals surface area contributed by atoms with Crippen LogP contribution in [0.4, 0.5) is 33.0 Å². The van der Waals surface area contributed by atoms with E-state index in [0.29, 0.717) is 118 Å². The summed E-state index contributed by atoms with van der Waals surface area (Å²) in [6.45, 7) is 17.4. The Bertz CT molecular complexity index is 4050. The molecule has 574 valence electrons. The van der Waals surface area contributed by atoms with Gasteiger partial charge < -0.3 is 44.9 Å². The first kappa shape index (κ1) is 82.3. The van der Waals surface area contributed by atoms with E-state index in [2.05, 4.69) is 62.4 Å². The number of rotatable bonds is 24. The number of pyridine rings is 4. The molecule has 0 aliphatic carbocycles. The van der Waals surface area contributed by atoms with Crippen molar-refractivity contribution in [2.24, 2.45) is 0 Å². The van der Waals surface area contributed by atoms with Crippen molar-refractivity contribution in [3.05, 3.63) is 231 Å². The normalized spacial score (nSPS) is 13.9. The van der Waals surface area contributed by atoms with Crippen LogP contribution in [-0.4, -0.2) is 167 Å². The molecule has 4 aliphatic rings. The lowest BCUT2D eigenvalue weighted by atomic mass is 9.90. The van der Waals surface area contributed by atoms with Crippen LogP contribution in [-0.2, 0) is 64.0 Å². The molecular weight excluding hydrogens is 1400 g/mol. The highest BCUT2D eigenvalue weighted by Crippen LogP contribution is 2.34. The van der Waals surface area contributed by atoms with Crippen LogP contribution in [0.25, 0.3) is 0 Å². The van der Waals surface area contributed by atoms with E-state index >= 15 is 0 Å². The number of hydrogen-bond donors (Lipinski definition) is 1. The first-order chi connectivity index (χ1) is 52.3. The van der Waals surface area contributed by atoms with Crippen molar-refractivity contribution in [1.29, 1.82) is 0 Å². The SMILES string of the molecule is CCC(=O)N(C)c1ccc(C2CN(C(=O)CCc3ccc(C)nc3C)C2)cc1.CCC(=O)N(C)c1ccc(C2CN(C(=O)CCc3ccc(Cl)nc3)C2)cc1.CCC(=O)N(C)c1ccc(C2CN(C(=O)CCc3ccc(F)nc3)C2)cc1.CCC(=O)N(C)c1ccc(C2CN(C(=O)CCc3ccc(N)nc3)C2)cc1. The van der Waals surface area contributed by atoms with E-state index < -0.39 is 5.95 Å². The standard InChI is InChI=1S/C23H29N3O2.C21H24ClN3O2.C21H24FN3O2.C21H26N4O2/c1-5-22(27)25(4)21-11-8-19(9-12-21)20-14-26(15-20)23(28)13-10-18-7-6-16(2)24-17(18)3;3*1-3-20(26)24(2)18-8-6-16(7-9-18)17-13-25(14-17)21(27)11-5-15-4-10-19(22)23-12-15/h6-9,11-12,20H,5,10,13-15H2,1-4H3;2*4,6-10,12,17H,3,5,11,13-14H2,1-2H3;4,6-10,12,17H,3,5,11,13-14H2,1-2H3,(H2,22,23). The maximum absolute atomic E-state index is 12.8. The van der Waals surface area contributed by atoms with Crippen molar-refractivity contribution in [3.63, 3.8) is 0 Å². The summed E-state index contributed by atoms with van der Waals surface area (Å²) in [4.78, 5) is 127. The predicted molar refractivity (Wildman–Crippen MR) is 427 cm³/mol. The van der Waals surface area contributed by atoms with Crippen LogP contribution in [0, 0.1) is 19.8 Å². The molecule has 109 heavy (non-hydrogen) atoms. The molecule has 8 aromatic rings. The molecular formula is C86H103ClFN13O8. The third-order valence-electron chi connectivity index (χ3n) is 20.9. The van der Waals surface area contributed by atoms with E-state index in [1.54, 1.807) is 78.4 Å². The van der Waals surface area contributed by atoms with E-state index in [4.69, 9.17) is 17.3 Å². The van der Waals surface area contributed by atoms with Gasteiger partial charge in [0.1, 0.15) is 11.0 Å². The van der Waals surface area contributed by atoms with Gasteiger partial charge in [-0.25, -0.2) is 15.0 Å². The topological polar surface area (TPSA) is 240 Å². The highest BCUT2D eigenvalue weighted by atomic mass is 35.5. The number of likely N-dealkylation sites (tertiary alicyclic amines) is 4. The maximum Gasteiger partial charge on any atom is 0.226 e. The van der Waals surface area contributed by atoms with Crippen molar-refractivity contribution >= 4 is 87.4 Å². The molecule has 4 aromatic heterocycles. The minimum absolute atomic E-state index is 0.0829. The minimum Gasteiger partial charge on any atom is -0.384 e. The molecule has 0 saturated carbocycles. The molecule has 0 bridgehead atoms. The first-order valence-corrected chi connectivity index (χ1v) is 38.1. The second-order valence-electron chi connectivity index (χ2n) is 28.3. The third-order valence-corrected chi connectivity index (χ3v) is 21.1. The van der Waals surface area contributed by atoms with E-state index in [1.807, 2.05) is 140 Å². The number of aromatic nitrogens is 4. The fourth-order valence-electron chi connectivity index (χ4n) is 13.3. The van der Waals surface area contributed by atoms with Gasteiger partial charge in [-0.05, 0) is 157 Å². The Morgan fingerprint density at radius 3 is 0.954 bits per heavy atom. The van der Waals surface area contributed by atoms with Gasteiger partial charge in [-0.3, -0.25) is 43.3 Å². The lowest BCUT2D eigenvalue weighted by Crippen LogP contribution is -2.48. The largest absolute Gasteiger partial charge is 0.384 e. The molecule has 0 atom stereocenters. The smallest absolute Gasteiger partial charge is 0.226 e. The molecule has 0 unspecified atom stereocenters. The summed E-state index contributed by atoms with van der Waals surface area (Å²) in [5.41, 5.74) is 20.1. The summed E-state index contributed by atoms with van der Waals surface area (Å²) < 4.78 is 12.8. The molecule has 21 nitrogen and oxygen atoms in total. The summed E-state index contributed by atoms with van der Waals surface area (Å²) in [6.07, 6.45) is 11.4. The summed E-state index contributed by atoms with van der Waals surface area (Å²) in [5.74, 6) is 2.49. The summed E-state index contributed by atoms with van der Waals surface area (Å²) in [5, 5.41) is 0.465. The number of halogens is 2. The Kier molecular flexibility index (Phi) is 29.7. The third kappa shape index (κ3) is 22.9. The summed E-state index contributed by atoms with van der Waals surface area (Å²) in [7, 11) is 7.17. The van der Waals surface area contributed by atoms with Crippen molar-refractivity contribution in [3.8, 4) is 0 Å². The minimum atomic E-state index is -0.507. The van der Waals surface area contributed by atoms with Crippen LogP contribution in [0.5, 0.6) is 0 Å². The molecule has 23 heteroatoms. The molecule has 8 amide bonds. The molecule has 4 aliphatic heterocycles. The number of nitrogens with zero attached hydrogens (tertiary/aromatic N) is 12. The predicted octanol–water partition coefficient (Wildman–Crippen LogP) is 13.0. The molecule has 4 saturated heterocycles. The highest BCUT2D eigenvalue weighted by Gasteiger charge is 2.35. The van der Waals surface area contributed by atoms with Gasteiger partial charge in [-0.15, -0.1) is 0 Å². The number of hydrogen-bond acceptors (Lipinski definition) is 13. The summed E-state index contributed by atoms with van der Waals surface area (Å²) in [6, 6.07) is 46.6. The van der Waals surface area contributed by atoms with Gasteiger partial charge >= 0.3 is 0 Å². The van der Waals surface area contributed by atoms with Crippen LogP contribution < -0.4 is 25.3 Å². The number of nitrogen functional groups attached to an aromatic ring is 1. The zero-order chi connectivity index (χ0) is 78.4. The second-order valence-corrected chi connectivity index (χ2v) is 28.7. The van der Waals surface area contributed by atoms with E-state index in [0.717, 1.165) is 102 Å². The number of carbonyl (C=O) groups excluding carboxylic acids is 8. The quantitative estimate of drug-likeness (QED) is 0.0554. The molecule has 0 radical (unpaired) electrons. The van der Waals surface area contributed by atoms with Gasteiger partial charge in [0.05, 0.1) is 0 Å². The van der Waals surface area contributed by atoms with Crippen LogP contribution in [0.15, 0.2) is 164 Å². The zero-order valence-electron chi connectivity index (χ0n) is 64.5. The fourth-order valence-corrected chi connectivity index (χ4v) is 13.4. The van der Waals surface area contributed by atoms with Crippen molar-refractivity contribution in [2.75, 3.05) is 106 Å². The van der Waals surface area contributed by atoms with Gasteiger partial charge in [-0.2, -0.15) is 4.39 Å². The lowest BCUT2D eigenvalue weighted by molar-refractivity contribution is -0.136. The first-order valence-electron chi connectivity index (χ1n) is 37.7. The van der Waals surface area contributed by atoms with E-state index in [-0.39, 0.29) is 47.3 Å². The zero-order valence-corrected chi connectivity index (χ0v) is 65.3. The van der Waals surface area contributed by atoms with Crippen molar-refractivity contribution < 1.29 is 42.7 Å². The number of benzene rings is 4. The van der Waals surface area contributed by atoms with E-state index in [9.17, 15) is 42.7 Å². The van der Waals surface area contributed by atoms with Crippen molar-refractivity contribution in [1.82, 2.24) is 39.5 Å². The maximum atomic E-state index is 12.8. The average molecular weight is 1500 g/mol. The second kappa shape index (κ2) is 39.4. The summed E-state index contributed by atoms with van der Waals surface area (Å²) >= 11 is 5.77. The Labute approximate surface area is 645 Å². The molecule has 2 N–H and O–H groups in total. The number of aryl methyl sites for hydroxylation is 6.